The first-order chi connectivity index (χ1) is 9.82. The Labute approximate surface area is 126 Å². The van der Waals surface area contributed by atoms with E-state index in [4.69, 9.17) is 9.84 Å². The van der Waals surface area contributed by atoms with E-state index in [0.717, 1.165) is 12.2 Å². The molecular formula is C16H26N2O3. The zero-order chi connectivity index (χ0) is 15.9. The summed E-state index contributed by atoms with van der Waals surface area (Å²) in [5, 5.41) is 14.5. The molecular weight excluding hydrogens is 268 g/mol. The Hall–Kier alpha value is -1.75. The van der Waals surface area contributed by atoms with Crippen LogP contribution in [0.25, 0.3) is 0 Å². The quantitative estimate of drug-likeness (QED) is 0.724. The third-order valence-electron chi connectivity index (χ3n) is 2.92. The number of ether oxygens (including phenoxy) is 1. The Bertz CT molecular complexity index is 441. The maximum Gasteiger partial charge on any atom is 0.319 e. The van der Waals surface area contributed by atoms with Gasteiger partial charge in [0.25, 0.3) is 0 Å². The first kappa shape index (κ1) is 17.3. The summed E-state index contributed by atoms with van der Waals surface area (Å²) in [4.78, 5) is 11.8. The molecule has 5 nitrogen and oxygen atoms in total. The second-order valence-corrected chi connectivity index (χ2v) is 6.18. The molecule has 0 unspecified atom stereocenters. The van der Waals surface area contributed by atoms with Gasteiger partial charge in [0, 0.05) is 5.69 Å². The van der Waals surface area contributed by atoms with Gasteiger partial charge in [-0.1, -0.05) is 13.8 Å². The SMILES string of the molecule is CC(C)CCOc1ccc(NC(=O)NC(C)(C)CO)cc1. The molecule has 0 aliphatic carbocycles. The van der Waals surface area contributed by atoms with Gasteiger partial charge in [-0.3, -0.25) is 0 Å². The fourth-order valence-electron chi connectivity index (χ4n) is 1.56. The molecule has 1 aromatic rings. The van der Waals surface area contributed by atoms with Crippen LogP contribution in [-0.4, -0.2) is 29.9 Å². The Kier molecular flexibility index (Phi) is 6.49. The molecule has 1 aromatic carbocycles. The minimum absolute atomic E-state index is 0.122. The van der Waals surface area contributed by atoms with Gasteiger partial charge in [-0.05, 0) is 50.5 Å². The Morgan fingerprint density at radius 2 is 1.90 bits per heavy atom. The highest BCUT2D eigenvalue weighted by atomic mass is 16.5. The molecule has 0 radical (unpaired) electrons. The van der Waals surface area contributed by atoms with Crippen LogP contribution in [0.3, 0.4) is 0 Å². The van der Waals surface area contributed by atoms with Crippen LogP contribution in [0.4, 0.5) is 10.5 Å². The van der Waals surface area contributed by atoms with E-state index >= 15 is 0 Å². The second-order valence-electron chi connectivity index (χ2n) is 6.18. The van der Waals surface area contributed by atoms with Gasteiger partial charge in [0.2, 0.25) is 0 Å². The van der Waals surface area contributed by atoms with E-state index in [1.165, 1.54) is 0 Å². The lowest BCUT2D eigenvalue weighted by Gasteiger charge is -2.23. The smallest absolute Gasteiger partial charge is 0.319 e. The van der Waals surface area contributed by atoms with Gasteiger partial charge in [-0.25, -0.2) is 4.79 Å². The van der Waals surface area contributed by atoms with E-state index in [1.54, 1.807) is 26.0 Å². The maximum absolute atomic E-state index is 11.8. The molecule has 0 saturated carbocycles. The molecule has 0 aliphatic rings. The highest BCUT2D eigenvalue weighted by Crippen LogP contribution is 2.16. The van der Waals surface area contributed by atoms with Gasteiger partial charge >= 0.3 is 6.03 Å². The predicted octanol–water partition coefficient (Wildman–Crippen LogP) is 3.00. The van der Waals surface area contributed by atoms with E-state index < -0.39 is 5.54 Å². The highest BCUT2D eigenvalue weighted by Gasteiger charge is 2.18. The summed E-state index contributed by atoms with van der Waals surface area (Å²) >= 11 is 0. The maximum atomic E-state index is 11.8. The van der Waals surface area contributed by atoms with Crippen LogP contribution >= 0.6 is 0 Å². The molecule has 118 valence electrons. The standard InChI is InChI=1S/C16H26N2O3/c1-12(2)9-10-21-14-7-5-13(6-8-14)17-15(20)18-16(3,4)11-19/h5-8,12,19H,9-11H2,1-4H3,(H2,17,18,20). The number of rotatable bonds is 7. The summed E-state index contributed by atoms with van der Waals surface area (Å²) in [6, 6.07) is 6.88. The Morgan fingerprint density at radius 1 is 1.29 bits per heavy atom. The number of amides is 2. The van der Waals surface area contributed by atoms with Crippen molar-refractivity contribution in [2.75, 3.05) is 18.5 Å². The van der Waals surface area contributed by atoms with Crippen LogP contribution in [0.15, 0.2) is 24.3 Å². The average Bonchev–Trinajstić information content (AvgIpc) is 2.39. The molecule has 0 saturated heterocycles. The minimum atomic E-state index is -0.649. The van der Waals surface area contributed by atoms with Crippen molar-refractivity contribution in [2.45, 2.75) is 39.7 Å². The van der Waals surface area contributed by atoms with Crippen molar-refractivity contribution in [3.8, 4) is 5.75 Å². The molecule has 0 bridgehead atoms. The van der Waals surface area contributed by atoms with E-state index in [-0.39, 0.29) is 12.6 Å². The summed E-state index contributed by atoms with van der Waals surface area (Å²) in [6.45, 7) is 8.38. The first-order valence-electron chi connectivity index (χ1n) is 7.25. The molecule has 0 heterocycles. The Balaban J connectivity index is 2.45. The minimum Gasteiger partial charge on any atom is -0.494 e. The molecule has 0 aromatic heterocycles. The van der Waals surface area contributed by atoms with Crippen molar-refractivity contribution in [1.29, 1.82) is 0 Å². The molecule has 0 spiro atoms. The van der Waals surface area contributed by atoms with Gasteiger partial charge in [0.15, 0.2) is 0 Å². The molecule has 0 aliphatic heterocycles. The van der Waals surface area contributed by atoms with Crippen molar-refractivity contribution in [3.63, 3.8) is 0 Å². The number of urea groups is 1. The van der Waals surface area contributed by atoms with E-state index in [0.29, 0.717) is 18.2 Å². The zero-order valence-electron chi connectivity index (χ0n) is 13.3. The molecule has 0 fully saturated rings. The van der Waals surface area contributed by atoms with Gasteiger partial charge in [0.1, 0.15) is 5.75 Å². The summed E-state index contributed by atoms with van der Waals surface area (Å²) in [7, 11) is 0. The molecule has 21 heavy (non-hydrogen) atoms. The van der Waals surface area contributed by atoms with Crippen LogP contribution in [0.1, 0.15) is 34.1 Å². The zero-order valence-corrected chi connectivity index (χ0v) is 13.3. The van der Waals surface area contributed by atoms with Gasteiger partial charge in [-0.2, -0.15) is 0 Å². The number of aliphatic hydroxyl groups excluding tert-OH is 1. The Morgan fingerprint density at radius 3 is 2.43 bits per heavy atom. The average molecular weight is 294 g/mol. The molecule has 0 atom stereocenters. The van der Waals surface area contributed by atoms with Crippen LogP contribution in [0, 0.1) is 5.92 Å². The summed E-state index contributed by atoms with van der Waals surface area (Å²) in [6.07, 6.45) is 1.01. The van der Waals surface area contributed by atoms with Gasteiger partial charge in [-0.15, -0.1) is 0 Å². The molecule has 1 rings (SSSR count). The lowest BCUT2D eigenvalue weighted by atomic mass is 10.1. The van der Waals surface area contributed by atoms with Gasteiger partial charge < -0.3 is 20.5 Å². The number of hydrogen-bond acceptors (Lipinski definition) is 3. The van der Waals surface area contributed by atoms with Gasteiger partial charge in [0.05, 0.1) is 18.8 Å². The van der Waals surface area contributed by atoms with Crippen LogP contribution < -0.4 is 15.4 Å². The largest absolute Gasteiger partial charge is 0.494 e. The number of benzene rings is 1. The number of hydrogen-bond donors (Lipinski definition) is 3. The third kappa shape index (κ3) is 6.99. The number of nitrogens with one attached hydrogen (secondary N) is 2. The normalized spacial score (nSPS) is 11.3. The van der Waals surface area contributed by atoms with Crippen LogP contribution in [0.5, 0.6) is 5.75 Å². The summed E-state index contributed by atoms with van der Waals surface area (Å²) in [5.74, 6) is 1.40. The monoisotopic (exact) mass is 294 g/mol. The number of carbonyl (C=O) groups is 1. The third-order valence-corrected chi connectivity index (χ3v) is 2.92. The lowest BCUT2D eigenvalue weighted by molar-refractivity contribution is 0.187. The topological polar surface area (TPSA) is 70.6 Å². The van der Waals surface area contributed by atoms with Crippen molar-refractivity contribution in [2.24, 2.45) is 5.92 Å². The van der Waals surface area contributed by atoms with Crippen molar-refractivity contribution >= 4 is 11.7 Å². The fraction of sp³-hybridized carbons (Fsp3) is 0.562. The predicted molar refractivity (Wildman–Crippen MR) is 84.7 cm³/mol. The lowest BCUT2D eigenvalue weighted by Crippen LogP contribution is -2.48. The van der Waals surface area contributed by atoms with E-state index in [2.05, 4.69) is 24.5 Å². The summed E-state index contributed by atoms with van der Waals surface area (Å²) < 4.78 is 5.61. The highest BCUT2D eigenvalue weighted by molar-refractivity contribution is 5.89. The molecule has 5 heteroatoms. The van der Waals surface area contributed by atoms with Crippen LogP contribution in [0.2, 0.25) is 0 Å². The number of aliphatic hydroxyl groups is 1. The number of anilines is 1. The number of carbonyl (C=O) groups excluding carboxylic acids is 1. The second kappa shape index (κ2) is 7.88. The van der Waals surface area contributed by atoms with E-state index in [1.807, 2.05) is 12.1 Å². The molecule has 2 amide bonds. The van der Waals surface area contributed by atoms with Crippen molar-refractivity contribution < 1.29 is 14.6 Å². The molecule has 3 N–H and O–H groups in total. The van der Waals surface area contributed by atoms with Crippen molar-refractivity contribution in [1.82, 2.24) is 5.32 Å². The van der Waals surface area contributed by atoms with Crippen LogP contribution in [-0.2, 0) is 0 Å². The van der Waals surface area contributed by atoms with Crippen molar-refractivity contribution in [3.05, 3.63) is 24.3 Å². The fourth-order valence-corrected chi connectivity index (χ4v) is 1.56. The first-order valence-corrected chi connectivity index (χ1v) is 7.25. The summed E-state index contributed by atoms with van der Waals surface area (Å²) in [5.41, 5.74) is 0.0294. The van der Waals surface area contributed by atoms with E-state index in [9.17, 15) is 4.79 Å².